The average molecular weight is 267 g/mol. The molecule has 2 N–H and O–H groups in total. The minimum Gasteiger partial charge on any atom is -0.329 e. The smallest absolute Gasteiger partial charge is 0.0344 e. The summed E-state index contributed by atoms with van der Waals surface area (Å²) in [5.74, 6) is 0.849. The van der Waals surface area contributed by atoms with Gasteiger partial charge in [0.15, 0.2) is 0 Å². The zero-order valence-corrected chi connectivity index (χ0v) is 13.2. The minimum atomic E-state index is 0.290. The van der Waals surface area contributed by atoms with Crippen molar-refractivity contribution >= 4 is 0 Å². The van der Waals surface area contributed by atoms with Crippen LogP contribution in [0.3, 0.4) is 0 Å². The fourth-order valence-corrected chi connectivity index (χ4v) is 3.99. The third kappa shape index (κ3) is 3.50. The molecular weight excluding hydrogens is 234 g/mol. The van der Waals surface area contributed by atoms with Crippen molar-refractivity contribution in [1.29, 1.82) is 0 Å². The van der Waals surface area contributed by atoms with E-state index in [1.54, 1.807) is 0 Å². The van der Waals surface area contributed by atoms with Gasteiger partial charge in [0.1, 0.15) is 0 Å². The van der Waals surface area contributed by atoms with Crippen LogP contribution >= 0.6 is 0 Å². The first-order valence-corrected chi connectivity index (χ1v) is 8.26. The summed E-state index contributed by atoms with van der Waals surface area (Å²) in [5.41, 5.74) is 6.54. The fraction of sp³-hybridized carbons (Fsp3) is 1.00. The molecular formula is C16H33N3. The first-order valence-electron chi connectivity index (χ1n) is 8.26. The average Bonchev–Trinajstić information content (AvgIpc) is 2.62. The number of hydrogen-bond acceptors (Lipinski definition) is 3. The molecule has 0 aromatic rings. The molecule has 3 nitrogen and oxygen atoms in total. The fourth-order valence-electron chi connectivity index (χ4n) is 3.99. The highest BCUT2D eigenvalue weighted by molar-refractivity contribution is 4.96. The molecule has 0 aromatic carbocycles. The Morgan fingerprint density at radius 2 is 1.95 bits per heavy atom. The molecule has 3 heteroatoms. The molecule has 2 aliphatic rings. The summed E-state index contributed by atoms with van der Waals surface area (Å²) in [6, 6.07) is 0.675. The Morgan fingerprint density at radius 1 is 1.16 bits per heavy atom. The third-order valence-electron chi connectivity index (χ3n) is 5.39. The van der Waals surface area contributed by atoms with Gasteiger partial charge >= 0.3 is 0 Å². The summed E-state index contributed by atoms with van der Waals surface area (Å²) in [6.45, 7) is 12.9. The highest BCUT2D eigenvalue weighted by atomic mass is 15.2. The van der Waals surface area contributed by atoms with Gasteiger partial charge in [-0.2, -0.15) is 0 Å². The maximum Gasteiger partial charge on any atom is 0.0344 e. The summed E-state index contributed by atoms with van der Waals surface area (Å²) in [5, 5.41) is 0. The van der Waals surface area contributed by atoms with Crippen LogP contribution in [-0.4, -0.2) is 54.1 Å². The van der Waals surface area contributed by atoms with Crippen LogP contribution < -0.4 is 5.73 Å². The van der Waals surface area contributed by atoms with Gasteiger partial charge < -0.3 is 10.6 Å². The quantitative estimate of drug-likeness (QED) is 0.852. The Labute approximate surface area is 119 Å². The lowest BCUT2D eigenvalue weighted by atomic mass is 9.85. The van der Waals surface area contributed by atoms with E-state index in [-0.39, 0.29) is 5.54 Å². The van der Waals surface area contributed by atoms with E-state index in [2.05, 4.69) is 30.6 Å². The maximum absolute atomic E-state index is 6.25. The zero-order chi connectivity index (χ0) is 13.9. The van der Waals surface area contributed by atoms with E-state index in [0.29, 0.717) is 6.04 Å². The number of nitrogens with two attached hydrogens (primary N) is 1. The number of rotatable bonds is 3. The van der Waals surface area contributed by atoms with Crippen LogP contribution in [0.25, 0.3) is 0 Å². The normalized spacial score (nSPS) is 35.5. The molecule has 2 aliphatic heterocycles. The van der Waals surface area contributed by atoms with Crippen molar-refractivity contribution in [3.63, 3.8) is 0 Å². The molecule has 0 bridgehead atoms. The molecule has 0 radical (unpaired) electrons. The summed E-state index contributed by atoms with van der Waals surface area (Å²) in [6.07, 6.45) is 6.61. The molecule has 2 fully saturated rings. The molecule has 0 saturated carbocycles. The van der Waals surface area contributed by atoms with Crippen molar-refractivity contribution in [2.24, 2.45) is 11.7 Å². The molecule has 2 rings (SSSR count). The molecule has 2 saturated heterocycles. The minimum absolute atomic E-state index is 0.290. The van der Waals surface area contributed by atoms with Crippen LogP contribution in [0.1, 0.15) is 52.9 Å². The number of likely N-dealkylation sites (tertiary alicyclic amines) is 2. The van der Waals surface area contributed by atoms with Crippen molar-refractivity contribution in [2.75, 3.05) is 32.7 Å². The van der Waals surface area contributed by atoms with E-state index in [9.17, 15) is 0 Å². The predicted octanol–water partition coefficient (Wildman–Crippen LogP) is 2.31. The van der Waals surface area contributed by atoms with Crippen molar-refractivity contribution < 1.29 is 0 Å². The molecule has 2 unspecified atom stereocenters. The Morgan fingerprint density at radius 3 is 2.58 bits per heavy atom. The van der Waals surface area contributed by atoms with Gasteiger partial charge in [-0.25, -0.2) is 0 Å². The zero-order valence-electron chi connectivity index (χ0n) is 13.2. The first-order chi connectivity index (χ1) is 9.07. The van der Waals surface area contributed by atoms with Crippen LogP contribution in [0, 0.1) is 5.92 Å². The molecule has 19 heavy (non-hydrogen) atoms. The number of nitrogens with zero attached hydrogens (tertiary/aromatic N) is 2. The van der Waals surface area contributed by atoms with E-state index >= 15 is 0 Å². The Balaban J connectivity index is 2.05. The molecule has 0 amide bonds. The van der Waals surface area contributed by atoms with Gasteiger partial charge in [0.25, 0.3) is 0 Å². The Kier molecular flexibility index (Phi) is 5.27. The van der Waals surface area contributed by atoms with Crippen molar-refractivity contribution in [2.45, 2.75) is 64.5 Å². The van der Waals surface area contributed by atoms with Crippen LogP contribution in [0.2, 0.25) is 0 Å². The Bertz CT molecular complexity index is 279. The number of piperidine rings is 1. The first kappa shape index (κ1) is 15.3. The molecule has 0 aromatic heterocycles. The van der Waals surface area contributed by atoms with Crippen LogP contribution in [0.5, 0.6) is 0 Å². The second-order valence-corrected chi connectivity index (χ2v) is 7.11. The lowest BCUT2D eigenvalue weighted by Gasteiger charge is -2.46. The largest absolute Gasteiger partial charge is 0.329 e. The monoisotopic (exact) mass is 267 g/mol. The molecule has 0 spiro atoms. The van der Waals surface area contributed by atoms with E-state index in [1.165, 1.54) is 58.3 Å². The Hall–Kier alpha value is -0.120. The second kappa shape index (κ2) is 6.55. The lowest BCUT2D eigenvalue weighted by molar-refractivity contribution is 0.0390. The maximum atomic E-state index is 6.25. The van der Waals surface area contributed by atoms with Crippen LogP contribution in [0.15, 0.2) is 0 Å². The van der Waals surface area contributed by atoms with E-state index in [4.69, 9.17) is 5.73 Å². The lowest BCUT2D eigenvalue weighted by Crippen LogP contribution is -2.57. The van der Waals surface area contributed by atoms with Gasteiger partial charge in [0.05, 0.1) is 0 Å². The summed E-state index contributed by atoms with van der Waals surface area (Å²) in [7, 11) is 0. The highest BCUT2D eigenvalue weighted by Crippen LogP contribution is 2.32. The molecule has 2 atom stereocenters. The van der Waals surface area contributed by atoms with Gasteiger partial charge in [-0.1, -0.05) is 6.92 Å². The van der Waals surface area contributed by atoms with E-state index in [0.717, 1.165) is 12.5 Å². The SMILES string of the molecule is CC1CCCN(C2(CN)CCCN(C(C)C)CC2)C1. The third-order valence-corrected chi connectivity index (χ3v) is 5.39. The second-order valence-electron chi connectivity index (χ2n) is 7.11. The predicted molar refractivity (Wildman–Crippen MR) is 82.3 cm³/mol. The van der Waals surface area contributed by atoms with Crippen LogP contribution in [-0.2, 0) is 0 Å². The standard InChI is InChI=1S/C16H33N3/c1-14(2)18-9-5-7-16(13-17,8-11-18)19-10-4-6-15(3)12-19/h14-15H,4-13,17H2,1-3H3. The number of hydrogen-bond donors (Lipinski definition) is 1. The van der Waals surface area contributed by atoms with Gasteiger partial charge in [-0.15, -0.1) is 0 Å². The van der Waals surface area contributed by atoms with Crippen molar-refractivity contribution in [3.8, 4) is 0 Å². The summed E-state index contributed by atoms with van der Waals surface area (Å²) >= 11 is 0. The van der Waals surface area contributed by atoms with Crippen LogP contribution in [0.4, 0.5) is 0 Å². The molecule has 112 valence electrons. The topological polar surface area (TPSA) is 32.5 Å². The van der Waals surface area contributed by atoms with Gasteiger partial charge in [0.2, 0.25) is 0 Å². The van der Waals surface area contributed by atoms with E-state index < -0.39 is 0 Å². The van der Waals surface area contributed by atoms with Gasteiger partial charge in [-0.05, 0) is 65.0 Å². The summed E-state index contributed by atoms with van der Waals surface area (Å²) in [4.78, 5) is 5.37. The van der Waals surface area contributed by atoms with Crippen molar-refractivity contribution in [1.82, 2.24) is 9.80 Å². The molecule has 0 aliphatic carbocycles. The molecule has 2 heterocycles. The van der Waals surface area contributed by atoms with Gasteiger partial charge in [-0.3, -0.25) is 4.90 Å². The highest BCUT2D eigenvalue weighted by Gasteiger charge is 2.38. The van der Waals surface area contributed by atoms with Crippen molar-refractivity contribution in [3.05, 3.63) is 0 Å². The summed E-state index contributed by atoms with van der Waals surface area (Å²) < 4.78 is 0. The van der Waals surface area contributed by atoms with E-state index in [1.807, 2.05) is 0 Å². The van der Waals surface area contributed by atoms with Gasteiger partial charge in [0, 0.05) is 31.2 Å².